The Kier molecular flexibility index (Phi) is 5.23. The Morgan fingerprint density at radius 2 is 1.86 bits per heavy atom. The first-order valence-corrected chi connectivity index (χ1v) is 7.35. The minimum Gasteiger partial charge on any atom is -0.380 e. The largest absolute Gasteiger partial charge is 0.380 e. The first-order chi connectivity index (χ1) is 10.2. The molecule has 4 heteroatoms. The molecule has 2 rings (SSSR count). The third-order valence-electron chi connectivity index (χ3n) is 3.42. The number of carbonyl (C=O) groups is 1. The fourth-order valence-corrected chi connectivity index (χ4v) is 2.40. The van der Waals surface area contributed by atoms with Gasteiger partial charge in [0.05, 0.1) is 10.7 Å². The molecule has 0 radical (unpaired) electrons. The molecule has 2 aromatic rings. The predicted molar refractivity (Wildman–Crippen MR) is 88.0 cm³/mol. The maximum absolute atomic E-state index is 11.7. The van der Waals surface area contributed by atoms with E-state index in [4.69, 9.17) is 11.6 Å². The van der Waals surface area contributed by atoms with Crippen molar-refractivity contribution in [1.82, 2.24) is 5.32 Å². The molecule has 2 N–H and O–H groups in total. The summed E-state index contributed by atoms with van der Waals surface area (Å²) in [6, 6.07) is 13.5. The van der Waals surface area contributed by atoms with Crippen molar-refractivity contribution in [2.45, 2.75) is 19.9 Å². The molecule has 3 nitrogen and oxygen atoms in total. The predicted octanol–water partition coefficient (Wildman–Crippen LogP) is 3.87. The van der Waals surface area contributed by atoms with Crippen molar-refractivity contribution in [3.8, 4) is 0 Å². The van der Waals surface area contributed by atoms with Gasteiger partial charge in [0.2, 0.25) is 0 Å². The van der Waals surface area contributed by atoms with E-state index in [-0.39, 0.29) is 5.91 Å². The summed E-state index contributed by atoms with van der Waals surface area (Å²) < 4.78 is 0. The van der Waals surface area contributed by atoms with Gasteiger partial charge in [0, 0.05) is 19.2 Å². The molecule has 0 spiro atoms. The molecule has 0 aromatic heterocycles. The standard InChI is InChI=1S/C17H19ClN2O/c1-3-12-6-4-5-7-14(12)11-20-16-10-13(17(21)19-2)8-9-15(16)18/h4-10,20H,3,11H2,1-2H3,(H,19,21). The monoisotopic (exact) mass is 302 g/mol. The van der Waals surface area contributed by atoms with Crippen molar-refractivity contribution >= 4 is 23.2 Å². The van der Waals surface area contributed by atoms with Crippen LogP contribution in [0.15, 0.2) is 42.5 Å². The maximum Gasteiger partial charge on any atom is 0.251 e. The van der Waals surface area contributed by atoms with Gasteiger partial charge in [-0.15, -0.1) is 0 Å². The van der Waals surface area contributed by atoms with Gasteiger partial charge in [-0.25, -0.2) is 0 Å². The number of rotatable bonds is 5. The van der Waals surface area contributed by atoms with Gasteiger partial charge in [0.25, 0.3) is 5.91 Å². The number of carbonyl (C=O) groups excluding carboxylic acids is 1. The topological polar surface area (TPSA) is 41.1 Å². The summed E-state index contributed by atoms with van der Waals surface area (Å²) in [4.78, 5) is 11.7. The molecule has 0 aliphatic rings. The smallest absolute Gasteiger partial charge is 0.251 e. The van der Waals surface area contributed by atoms with Gasteiger partial charge in [-0.2, -0.15) is 0 Å². The summed E-state index contributed by atoms with van der Waals surface area (Å²) >= 11 is 6.19. The van der Waals surface area contributed by atoms with E-state index in [2.05, 4.69) is 29.7 Å². The highest BCUT2D eigenvalue weighted by atomic mass is 35.5. The second-order valence-electron chi connectivity index (χ2n) is 4.75. The van der Waals surface area contributed by atoms with Crippen LogP contribution in [0.1, 0.15) is 28.4 Å². The number of anilines is 1. The lowest BCUT2D eigenvalue weighted by molar-refractivity contribution is 0.0963. The summed E-state index contributed by atoms with van der Waals surface area (Å²) in [5, 5.41) is 6.53. The van der Waals surface area contributed by atoms with E-state index in [1.165, 1.54) is 11.1 Å². The van der Waals surface area contributed by atoms with E-state index in [9.17, 15) is 4.79 Å². The highest BCUT2D eigenvalue weighted by molar-refractivity contribution is 6.33. The third kappa shape index (κ3) is 3.76. The van der Waals surface area contributed by atoms with E-state index >= 15 is 0 Å². The Morgan fingerprint density at radius 1 is 1.14 bits per heavy atom. The molecule has 0 heterocycles. The molecule has 0 aliphatic carbocycles. The second-order valence-corrected chi connectivity index (χ2v) is 5.16. The fraction of sp³-hybridized carbons (Fsp3) is 0.235. The van der Waals surface area contributed by atoms with Crippen molar-refractivity contribution in [2.24, 2.45) is 0 Å². The van der Waals surface area contributed by atoms with Crippen LogP contribution < -0.4 is 10.6 Å². The van der Waals surface area contributed by atoms with Gasteiger partial charge in [-0.1, -0.05) is 42.8 Å². The number of hydrogen-bond donors (Lipinski definition) is 2. The number of nitrogens with one attached hydrogen (secondary N) is 2. The molecular weight excluding hydrogens is 284 g/mol. The molecule has 1 amide bonds. The number of benzene rings is 2. The number of halogens is 1. The van der Waals surface area contributed by atoms with E-state index in [1.807, 2.05) is 12.1 Å². The lowest BCUT2D eigenvalue weighted by Gasteiger charge is -2.12. The van der Waals surface area contributed by atoms with Gasteiger partial charge in [-0.05, 0) is 35.7 Å². The van der Waals surface area contributed by atoms with Crippen molar-refractivity contribution in [3.63, 3.8) is 0 Å². The SMILES string of the molecule is CCc1ccccc1CNc1cc(C(=O)NC)ccc1Cl. The number of amides is 1. The summed E-state index contributed by atoms with van der Waals surface area (Å²) in [6.45, 7) is 2.82. The van der Waals surface area contributed by atoms with Crippen molar-refractivity contribution in [2.75, 3.05) is 12.4 Å². The number of aryl methyl sites for hydroxylation is 1. The van der Waals surface area contributed by atoms with Gasteiger partial charge in [-0.3, -0.25) is 4.79 Å². The van der Waals surface area contributed by atoms with Crippen LogP contribution in [0.3, 0.4) is 0 Å². The van der Waals surface area contributed by atoms with Crippen molar-refractivity contribution < 1.29 is 4.79 Å². The third-order valence-corrected chi connectivity index (χ3v) is 3.75. The molecular formula is C17H19ClN2O. The average molecular weight is 303 g/mol. The van der Waals surface area contributed by atoms with Gasteiger partial charge in [0.1, 0.15) is 0 Å². The van der Waals surface area contributed by atoms with E-state index in [0.29, 0.717) is 17.1 Å². The summed E-state index contributed by atoms with van der Waals surface area (Å²) in [6.07, 6.45) is 0.990. The molecule has 2 aromatic carbocycles. The van der Waals surface area contributed by atoms with Crippen LogP contribution in [0.25, 0.3) is 0 Å². The molecule has 0 saturated heterocycles. The molecule has 0 aliphatic heterocycles. The van der Waals surface area contributed by atoms with Crippen molar-refractivity contribution in [3.05, 3.63) is 64.2 Å². The van der Waals surface area contributed by atoms with Crippen LogP contribution in [-0.2, 0) is 13.0 Å². The Labute approximate surface area is 130 Å². The highest BCUT2D eigenvalue weighted by Gasteiger charge is 2.08. The fourth-order valence-electron chi connectivity index (χ4n) is 2.21. The van der Waals surface area contributed by atoms with Gasteiger partial charge in [0.15, 0.2) is 0 Å². The number of hydrogen-bond acceptors (Lipinski definition) is 2. The Balaban J connectivity index is 2.17. The van der Waals surface area contributed by atoms with Gasteiger partial charge < -0.3 is 10.6 Å². The zero-order chi connectivity index (χ0) is 15.2. The second kappa shape index (κ2) is 7.14. The van der Waals surface area contributed by atoms with E-state index in [0.717, 1.165) is 12.1 Å². The van der Waals surface area contributed by atoms with Crippen LogP contribution in [-0.4, -0.2) is 13.0 Å². The van der Waals surface area contributed by atoms with Crippen LogP contribution in [0.4, 0.5) is 5.69 Å². The normalized spacial score (nSPS) is 10.2. The zero-order valence-electron chi connectivity index (χ0n) is 12.2. The van der Waals surface area contributed by atoms with E-state index in [1.54, 1.807) is 25.2 Å². The quantitative estimate of drug-likeness (QED) is 0.880. The molecule has 21 heavy (non-hydrogen) atoms. The van der Waals surface area contributed by atoms with Gasteiger partial charge >= 0.3 is 0 Å². The Morgan fingerprint density at radius 3 is 2.52 bits per heavy atom. The lowest BCUT2D eigenvalue weighted by atomic mass is 10.1. The van der Waals surface area contributed by atoms with Crippen LogP contribution >= 0.6 is 11.6 Å². The Hall–Kier alpha value is -2.00. The molecule has 0 fully saturated rings. The van der Waals surface area contributed by atoms with Crippen LogP contribution in [0, 0.1) is 0 Å². The van der Waals surface area contributed by atoms with Crippen LogP contribution in [0.2, 0.25) is 5.02 Å². The molecule has 0 bridgehead atoms. The zero-order valence-corrected chi connectivity index (χ0v) is 13.0. The molecule has 0 atom stereocenters. The van der Waals surface area contributed by atoms with E-state index < -0.39 is 0 Å². The summed E-state index contributed by atoms with van der Waals surface area (Å²) in [7, 11) is 1.61. The highest BCUT2D eigenvalue weighted by Crippen LogP contribution is 2.24. The molecule has 0 saturated carbocycles. The lowest BCUT2D eigenvalue weighted by Crippen LogP contribution is -2.17. The minimum atomic E-state index is -0.122. The first kappa shape index (κ1) is 15.4. The molecule has 0 unspecified atom stereocenters. The Bertz CT molecular complexity index is 640. The maximum atomic E-state index is 11.7. The van der Waals surface area contributed by atoms with Crippen molar-refractivity contribution in [1.29, 1.82) is 0 Å². The summed E-state index contributed by atoms with van der Waals surface area (Å²) in [5.41, 5.74) is 3.90. The molecule has 110 valence electrons. The van der Waals surface area contributed by atoms with Crippen LogP contribution in [0.5, 0.6) is 0 Å². The first-order valence-electron chi connectivity index (χ1n) is 6.98. The average Bonchev–Trinajstić information content (AvgIpc) is 2.53. The summed E-state index contributed by atoms with van der Waals surface area (Å²) in [5.74, 6) is -0.122. The minimum absolute atomic E-state index is 0.122.